The molecule has 0 aliphatic rings. The summed E-state index contributed by atoms with van der Waals surface area (Å²) in [6.45, 7) is 1.87. The van der Waals surface area contributed by atoms with Crippen LogP contribution in [-0.2, 0) is 7.05 Å². The first-order valence-corrected chi connectivity index (χ1v) is 4.64. The van der Waals surface area contributed by atoms with Crippen LogP contribution in [0.25, 0.3) is 11.3 Å². The van der Waals surface area contributed by atoms with Gasteiger partial charge in [0.05, 0.1) is 5.69 Å². The Kier molecular flexibility index (Phi) is 2.33. The van der Waals surface area contributed by atoms with Gasteiger partial charge in [-0.25, -0.2) is 4.68 Å². The molecule has 0 aromatic carbocycles. The summed E-state index contributed by atoms with van der Waals surface area (Å²) >= 11 is 0. The number of pyridine rings is 1. The van der Waals surface area contributed by atoms with Gasteiger partial charge in [0, 0.05) is 31.1 Å². The highest BCUT2D eigenvalue weighted by Crippen LogP contribution is 2.17. The number of aryl methyl sites for hydroxylation is 2. The van der Waals surface area contributed by atoms with Crippen molar-refractivity contribution in [1.82, 2.24) is 14.8 Å². The minimum atomic E-state index is -0.0971. The zero-order valence-corrected chi connectivity index (χ0v) is 8.64. The van der Waals surface area contributed by atoms with E-state index in [2.05, 4.69) is 10.1 Å². The summed E-state index contributed by atoms with van der Waals surface area (Å²) in [6.07, 6.45) is 3.45. The summed E-state index contributed by atoms with van der Waals surface area (Å²) in [5, 5.41) is 4.21. The predicted molar refractivity (Wildman–Crippen MR) is 57.4 cm³/mol. The lowest BCUT2D eigenvalue weighted by Gasteiger charge is -2.05. The van der Waals surface area contributed by atoms with Gasteiger partial charge in [0.2, 0.25) is 0 Å². The summed E-state index contributed by atoms with van der Waals surface area (Å²) in [5.41, 5.74) is 2.49. The molecule has 0 spiro atoms. The zero-order valence-electron chi connectivity index (χ0n) is 8.64. The van der Waals surface area contributed by atoms with Gasteiger partial charge in [0.1, 0.15) is 0 Å². The van der Waals surface area contributed by atoms with Gasteiger partial charge >= 0.3 is 0 Å². The van der Waals surface area contributed by atoms with E-state index in [-0.39, 0.29) is 5.56 Å². The molecule has 0 N–H and O–H groups in total. The van der Waals surface area contributed by atoms with Crippen molar-refractivity contribution in [3.63, 3.8) is 0 Å². The molecule has 0 fully saturated rings. The lowest BCUT2D eigenvalue weighted by Crippen LogP contribution is -2.19. The normalized spacial score (nSPS) is 10.3. The van der Waals surface area contributed by atoms with E-state index in [1.807, 2.05) is 19.1 Å². The number of hydrogen-bond acceptors (Lipinski definition) is 3. The Morgan fingerprint density at radius 3 is 2.87 bits per heavy atom. The molecule has 2 heterocycles. The Labute approximate surface area is 87.2 Å². The molecule has 0 radical (unpaired) electrons. The Balaban J connectivity index is 2.64. The zero-order chi connectivity index (χ0) is 10.8. The van der Waals surface area contributed by atoms with Crippen LogP contribution in [0.2, 0.25) is 0 Å². The van der Waals surface area contributed by atoms with Crippen molar-refractivity contribution < 1.29 is 0 Å². The smallest absolute Gasteiger partial charge is 0.266 e. The van der Waals surface area contributed by atoms with Gasteiger partial charge in [0.15, 0.2) is 0 Å². The fraction of sp³-hybridized carbons (Fsp3) is 0.182. The average molecular weight is 201 g/mol. The number of aromatic nitrogens is 3. The lowest BCUT2D eigenvalue weighted by atomic mass is 10.1. The van der Waals surface area contributed by atoms with E-state index in [0.29, 0.717) is 0 Å². The third-order valence-electron chi connectivity index (χ3n) is 2.22. The first-order valence-electron chi connectivity index (χ1n) is 4.64. The highest BCUT2D eigenvalue weighted by molar-refractivity contribution is 5.60. The second-order valence-corrected chi connectivity index (χ2v) is 3.38. The topological polar surface area (TPSA) is 47.8 Å². The third kappa shape index (κ3) is 1.79. The maximum absolute atomic E-state index is 11.3. The van der Waals surface area contributed by atoms with Gasteiger partial charge in [0.25, 0.3) is 5.56 Å². The van der Waals surface area contributed by atoms with E-state index >= 15 is 0 Å². The predicted octanol–water partition coefficient (Wildman–Crippen LogP) is 1.15. The second-order valence-electron chi connectivity index (χ2n) is 3.38. The van der Waals surface area contributed by atoms with Gasteiger partial charge in [-0.15, -0.1) is 0 Å². The van der Waals surface area contributed by atoms with Crippen molar-refractivity contribution in [2.24, 2.45) is 7.05 Å². The summed E-state index contributed by atoms with van der Waals surface area (Å²) in [4.78, 5) is 15.3. The Morgan fingerprint density at radius 1 is 1.40 bits per heavy atom. The van der Waals surface area contributed by atoms with Crippen LogP contribution in [0.3, 0.4) is 0 Å². The molecular formula is C11H11N3O. The quantitative estimate of drug-likeness (QED) is 0.695. The maximum Gasteiger partial charge on any atom is 0.266 e. The van der Waals surface area contributed by atoms with Crippen LogP contribution in [0.5, 0.6) is 0 Å². The van der Waals surface area contributed by atoms with E-state index in [9.17, 15) is 4.79 Å². The van der Waals surface area contributed by atoms with Gasteiger partial charge in [-0.05, 0) is 24.6 Å². The van der Waals surface area contributed by atoms with Crippen molar-refractivity contribution in [2.45, 2.75) is 6.92 Å². The minimum absolute atomic E-state index is 0.0971. The van der Waals surface area contributed by atoms with Crippen molar-refractivity contribution in [3.05, 3.63) is 46.5 Å². The monoisotopic (exact) mass is 201 g/mol. The molecule has 0 saturated heterocycles. The summed E-state index contributed by atoms with van der Waals surface area (Å²) in [5.74, 6) is 0. The third-order valence-corrected chi connectivity index (χ3v) is 2.22. The van der Waals surface area contributed by atoms with Crippen LogP contribution in [0.4, 0.5) is 0 Å². The molecule has 0 atom stereocenters. The fourth-order valence-electron chi connectivity index (χ4n) is 1.41. The number of hydrogen-bond donors (Lipinski definition) is 0. The fourth-order valence-corrected chi connectivity index (χ4v) is 1.41. The van der Waals surface area contributed by atoms with E-state index in [1.165, 1.54) is 4.68 Å². The van der Waals surface area contributed by atoms with Crippen LogP contribution in [0.1, 0.15) is 5.56 Å². The van der Waals surface area contributed by atoms with Crippen molar-refractivity contribution in [3.8, 4) is 11.3 Å². The highest BCUT2D eigenvalue weighted by Gasteiger charge is 2.05. The van der Waals surface area contributed by atoms with E-state index in [4.69, 9.17) is 0 Å². The van der Waals surface area contributed by atoms with Gasteiger partial charge in [-0.2, -0.15) is 5.10 Å². The van der Waals surface area contributed by atoms with Crippen molar-refractivity contribution >= 4 is 0 Å². The molecule has 2 aromatic rings. The van der Waals surface area contributed by atoms with Crippen molar-refractivity contribution in [1.29, 1.82) is 0 Å². The molecule has 76 valence electrons. The molecule has 0 amide bonds. The molecule has 15 heavy (non-hydrogen) atoms. The SMILES string of the molecule is Cc1cc(=O)n(C)nc1-c1cccnc1. The average Bonchev–Trinajstić information content (AvgIpc) is 2.25. The van der Waals surface area contributed by atoms with Gasteiger partial charge in [-0.1, -0.05) is 0 Å². The maximum atomic E-state index is 11.3. The van der Waals surface area contributed by atoms with Gasteiger partial charge < -0.3 is 0 Å². The second kappa shape index (κ2) is 3.65. The van der Waals surface area contributed by atoms with Crippen LogP contribution in [0, 0.1) is 6.92 Å². The molecular weight excluding hydrogens is 190 g/mol. The molecule has 0 unspecified atom stereocenters. The van der Waals surface area contributed by atoms with Crippen LogP contribution in [0.15, 0.2) is 35.4 Å². The standard InChI is InChI=1S/C11H11N3O/c1-8-6-10(15)14(2)13-11(8)9-4-3-5-12-7-9/h3-7H,1-2H3. The van der Waals surface area contributed by atoms with E-state index in [1.54, 1.807) is 25.5 Å². The minimum Gasteiger partial charge on any atom is -0.268 e. The van der Waals surface area contributed by atoms with E-state index < -0.39 is 0 Å². The number of rotatable bonds is 1. The molecule has 0 aliphatic carbocycles. The first-order chi connectivity index (χ1) is 7.18. The van der Waals surface area contributed by atoms with Crippen LogP contribution < -0.4 is 5.56 Å². The molecule has 0 aliphatic heterocycles. The highest BCUT2D eigenvalue weighted by atomic mass is 16.1. The molecule has 2 aromatic heterocycles. The van der Waals surface area contributed by atoms with E-state index in [0.717, 1.165) is 16.8 Å². The van der Waals surface area contributed by atoms with Gasteiger partial charge in [-0.3, -0.25) is 9.78 Å². The summed E-state index contributed by atoms with van der Waals surface area (Å²) in [7, 11) is 1.64. The molecule has 0 bridgehead atoms. The summed E-state index contributed by atoms with van der Waals surface area (Å²) < 4.78 is 1.33. The Hall–Kier alpha value is -1.97. The molecule has 4 nitrogen and oxygen atoms in total. The van der Waals surface area contributed by atoms with Crippen LogP contribution in [-0.4, -0.2) is 14.8 Å². The molecule has 4 heteroatoms. The first kappa shape index (κ1) is 9.58. The largest absolute Gasteiger partial charge is 0.268 e. The number of nitrogens with zero attached hydrogens (tertiary/aromatic N) is 3. The molecule has 2 rings (SSSR count). The molecule has 0 saturated carbocycles. The Bertz CT molecular complexity index is 531. The Morgan fingerprint density at radius 2 is 2.20 bits per heavy atom. The van der Waals surface area contributed by atoms with Crippen molar-refractivity contribution in [2.75, 3.05) is 0 Å². The lowest BCUT2D eigenvalue weighted by molar-refractivity contribution is 0.708. The van der Waals surface area contributed by atoms with Crippen LogP contribution >= 0.6 is 0 Å². The summed E-state index contributed by atoms with van der Waals surface area (Å²) in [6, 6.07) is 5.35.